The van der Waals surface area contributed by atoms with Crippen molar-refractivity contribution in [2.24, 2.45) is 5.92 Å². The summed E-state index contributed by atoms with van der Waals surface area (Å²) in [5.41, 5.74) is 0. The number of hydrogen-bond acceptors (Lipinski definition) is 2. The Balaban J connectivity index is 1.91. The van der Waals surface area contributed by atoms with Gasteiger partial charge in [0.1, 0.15) is 0 Å². The Morgan fingerprint density at radius 2 is 1.78 bits per heavy atom. The standard InChI is InChI=1S/C15H28N2O/c1-16(2)12-10-14-9-5-6-11-17(14)15(18)13-7-3-4-8-13/h13-14H,3-12H2,1-2H3. The van der Waals surface area contributed by atoms with Gasteiger partial charge in [-0.25, -0.2) is 0 Å². The monoisotopic (exact) mass is 252 g/mol. The van der Waals surface area contributed by atoms with Gasteiger partial charge in [-0.2, -0.15) is 0 Å². The van der Waals surface area contributed by atoms with E-state index in [0.717, 1.165) is 32.4 Å². The van der Waals surface area contributed by atoms with E-state index in [1.165, 1.54) is 32.1 Å². The molecule has 2 rings (SSSR count). The Morgan fingerprint density at radius 3 is 2.44 bits per heavy atom. The van der Waals surface area contributed by atoms with Gasteiger partial charge in [-0.15, -0.1) is 0 Å². The molecule has 18 heavy (non-hydrogen) atoms. The topological polar surface area (TPSA) is 23.6 Å². The van der Waals surface area contributed by atoms with Gasteiger partial charge in [-0.3, -0.25) is 4.79 Å². The molecule has 1 heterocycles. The molecule has 0 aromatic heterocycles. The molecule has 3 heteroatoms. The molecule has 1 amide bonds. The molecule has 1 atom stereocenters. The lowest BCUT2D eigenvalue weighted by atomic mass is 9.96. The summed E-state index contributed by atoms with van der Waals surface area (Å²) in [4.78, 5) is 17.0. The Hall–Kier alpha value is -0.570. The zero-order valence-corrected chi connectivity index (χ0v) is 12.0. The Kier molecular flexibility index (Phi) is 5.04. The van der Waals surface area contributed by atoms with E-state index in [0.29, 0.717) is 17.9 Å². The van der Waals surface area contributed by atoms with Crippen LogP contribution in [0.4, 0.5) is 0 Å². The van der Waals surface area contributed by atoms with Crippen LogP contribution >= 0.6 is 0 Å². The number of likely N-dealkylation sites (tertiary alicyclic amines) is 1. The largest absolute Gasteiger partial charge is 0.339 e. The number of nitrogens with zero attached hydrogens (tertiary/aromatic N) is 2. The summed E-state index contributed by atoms with van der Waals surface area (Å²) in [5, 5.41) is 0. The maximum Gasteiger partial charge on any atom is 0.225 e. The summed E-state index contributed by atoms with van der Waals surface area (Å²) >= 11 is 0. The van der Waals surface area contributed by atoms with Crippen LogP contribution < -0.4 is 0 Å². The maximum atomic E-state index is 12.6. The fourth-order valence-corrected chi connectivity index (χ4v) is 3.41. The molecule has 1 aliphatic carbocycles. The van der Waals surface area contributed by atoms with Crippen LogP contribution in [0.15, 0.2) is 0 Å². The smallest absolute Gasteiger partial charge is 0.225 e. The molecular formula is C15H28N2O. The van der Waals surface area contributed by atoms with Gasteiger partial charge in [0.15, 0.2) is 0 Å². The van der Waals surface area contributed by atoms with E-state index in [9.17, 15) is 4.79 Å². The highest BCUT2D eigenvalue weighted by Gasteiger charge is 2.32. The van der Waals surface area contributed by atoms with Gasteiger partial charge in [-0.05, 0) is 59.2 Å². The molecular weight excluding hydrogens is 224 g/mol. The van der Waals surface area contributed by atoms with Gasteiger partial charge < -0.3 is 9.80 Å². The van der Waals surface area contributed by atoms with Crippen LogP contribution in [0.5, 0.6) is 0 Å². The molecule has 3 nitrogen and oxygen atoms in total. The Labute approximate surface area is 112 Å². The van der Waals surface area contributed by atoms with Crippen molar-refractivity contribution >= 4 is 5.91 Å². The van der Waals surface area contributed by atoms with Gasteiger partial charge >= 0.3 is 0 Å². The van der Waals surface area contributed by atoms with E-state index < -0.39 is 0 Å². The normalized spacial score (nSPS) is 25.9. The van der Waals surface area contributed by atoms with Crippen molar-refractivity contribution in [3.8, 4) is 0 Å². The number of piperidine rings is 1. The second-order valence-corrected chi connectivity index (χ2v) is 6.25. The van der Waals surface area contributed by atoms with Crippen LogP contribution in [0.2, 0.25) is 0 Å². The minimum atomic E-state index is 0.352. The second-order valence-electron chi connectivity index (χ2n) is 6.25. The van der Waals surface area contributed by atoms with Crippen molar-refractivity contribution in [1.29, 1.82) is 0 Å². The summed E-state index contributed by atoms with van der Waals surface area (Å²) in [7, 11) is 4.23. The SMILES string of the molecule is CN(C)CCC1CCCCN1C(=O)C1CCCC1. The predicted molar refractivity (Wildman–Crippen MR) is 74.5 cm³/mol. The van der Waals surface area contributed by atoms with Crippen molar-refractivity contribution in [2.75, 3.05) is 27.2 Å². The minimum Gasteiger partial charge on any atom is -0.339 e. The summed E-state index contributed by atoms with van der Waals surface area (Å²) in [6.45, 7) is 2.10. The molecule has 1 aliphatic heterocycles. The van der Waals surface area contributed by atoms with E-state index in [2.05, 4.69) is 23.9 Å². The number of carbonyl (C=O) groups excluding carboxylic acids is 1. The molecule has 1 saturated carbocycles. The van der Waals surface area contributed by atoms with Gasteiger partial charge in [0, 0.05) is 18.5 Å². The second kappa shape index (κ2) is 6.55. The van der Waals surface area contributed by atoms with Gasteiger partial charge in [0.05, 0.1) is 0 Å². The lowest BCUT2D eigenvalue weighted by molar-refractivity contribution is -0.139. The zero-order valence-electron chi connectivity index (χ0n) is 12.0. The van der Waals surface area contributed by atoms with E-state index in [1.807, 2.05) is 0 Å². The lowest BCUT2D eigenvalue weighted by Gasteiger charge is -2.38. The van der Waals surface area contributed by atoms with E-state index >= 15 is 0 Å². The molecule has 2 fully saturated rings. The molecule has 2 aliphatic rings. The summed E-state index contributed by atoms with van der Waals surface area (Å²) < 4.78 is 0. The zero-order chi connectivity index (χ0) is 13.0. The fourth-order valence-electron chi connectivity index (χ4n) is 3.41. The molecule has 104 valence electrons. The third-order valence-electron chi connectivity index (χ3n) is 4.52. The maximum absolute atomic E-state index is 12.6. The lowest BCUT2D eigenvalue weighted by Crippen LogP contribution is -2.47. The van der Waals surface area contributed by atoms with Crippen molar-refractivity contribution < 1.29 is 4.79 Å². The number of amides is 1. The van der Waals surface area contributed by atoms with E-state index in [-0.39, 0.29) is 0 Å². The quantitative estimate of drug-likeness (QED) is 0.767. The molecule has 1 unspecified atom stereocenters. The van der Waals surface area contributed by atoms with Crippen LogP contribution in [0.25, 0.3) is 0 Å². The third kappa shape index (κ3) is 3.47. The van der Waals surface area contributed by atoms with E-state index in [1.54, 1.807) is 0 Å². The van der Waals surface area contributed by atoms with Gasteiger partial charge in [0.25, 0.3) is 0 Å². The minimum absolute atomic E-state index is 0.352. The molecule has 0 aromatic carbocycles. The molecule has 0 N–H and O–H groups in total. The molecule has 0 spiro atoms. The summed E-state index contributed by atoms with van der Waals surface area (Å²) in [6.07, 6.45) is 9.64. The summed E-state index contributed by atoms with van der Waals surface area (Å²) in [5.74, 6) is 0.820. The van der Waals surface area contributed by atoms with Crippen molar-refractivity contribution in [1.82, 2.24) is 9.80 Å². The number of hydrogen-bond donors (Lipinski definition) is 0. The van der Waals surface area contributed by atoms with Crippen LogP contribution in [0, 0.1) is 5.92 Å². The number of rotatable bonds is 4. The molecule has 0 radical (unpaired) electrons. The Morgan fingerprint density at radius 1 is 1.11 bits per heavy atom. The van der Waals surface area contributed by atoms with Crippen molar-refractivity contribution in [3.63, 3.8) is 0 Å². The first kappa shape index (κ1) is 13.9. The van der Waals surface area contributed by atoms with Crippen LogP contribution in [0.3, 0.4) is 0 Å². The average molecular weight is 252 g/mol. The van der Waals surface area contributed by atoms with Crippen LogP contribution in [0.1, 0.15) is 51.4 Å². The van der Waals surface area contributed by atoms with Crippen LogP contribution in [-0.4, -0.2) is 48.9 Å². The third-order valence-corrected chi connectivity index (χ3v) is 4.52. The summed E-state index contributed by atoms with van der Waals surface area (Å²) in [6, 6.07) is 0.509. The van der Waals surface area contributed by atoms with Crippen molar-refractivity contribution in [3.05, 3.63) is 0 Å². The molecule has 1 saturated heterocycles. The predicted octanol–water partition coefficient (Wildman–Crippen LogP) is 2.51. The highest BCUT2D eigenvalue weighted by Crippen LogP contribution is 2.30. The van der Waals surface area contributed by atoms with Gasteiger partial charge in [0.2, 0.25) is 5.91 Å². The van der Waals surface area contributed by atoms with Crippen molar-refractivity contribution in [2.45, 2.75) is 57.4 Å². The highest BCUT2D eigenvalue weighted by molar-refractivity contribution is 5.79. The van der Waals surface area contributed by atoms with E-state index in [4.69, 9.17) is 0 Å². The number of carbonyl (C=O) groups is 1. The fraction of sp³-hybridized carbons (Fsp3) is 0.933. The first-order valence-electron chi connectivity index (χ1n) is 7.63. The first-order chi connectivity index (χ1) is 8.68. The Bertz CT molecular complexity index is 272. The molecule has 0 aromatic rings. The van der Waals surface area contributed by atoms with Crippen LogP contribution in [-0.2, 0) is 4.79 Å². The highest BCUT2D eigenvalue weighted by atomic mass is 16.2. The van der Waals surface area contributed by atoms with Gasteiger partial charge in [-0.1, -0.05) is 12.8 Å². The molecule has 0 bridgehead atoms. The first-order valence-corrected chi connectivity index (χ1v) is 7.63. The average Bonchev–Trinajstić information content (AvgIpc) is 2.89.